The summed E-state index contributed by atoms with van der Waals surface area (Å²) in [6, 6.07) is 8.01. The van der Waals surface area contributed by atoms with E-state index in [1.54, 1.807) is 0 Å². The first-order valence-electron chi connectivity index (χ1n) is 4.60. The van der Waals surface area contributed by atoms with E-state index in [2.05, 4.69) is 28.9 Å². The molecule has 0 spiro atoms. The summed E-state index contributed by atoms with van der Waals surface area (Å²) in [5.74, 6) is 1.15. The molecule has 0 heterocycles. The fraction of sp³-hybridized carbons (Fsp3) is 0.364. The van der Waals surface area contributed by atoms with E-state index in [4.69, 9.17) is 5.26 Å². The maximum Gasteiger partial charge on any atom is 0.100 e. The third-order valence-corrected chi connectivity index (χ3v) is 3.56. The fourth-order valence-corrected chi connectivity index (χ4v) is 2.66. The quantitative estimate of drug-likeness (QED) is 0.604. The van der Waals surface area contributed by atoms with Crippen molar-refractivity contribution < 1.29 is 0 Å². The third-order valence-electron chi connectivity index (χ3n) is 1.83. The second-order valence-electron chi connectivity index (χ2n) is 2.96. The predicted molar refractivity (Wildman–Crippen MR) is 64.5 cm³/mol. The summed E-state index contributed by atoms with van der Waals surface area (Å²) in [4.78, 5) is 1.23. The largest absolute Gasteiger partial charge is 0.192 e. The number of hydrogen-bond donors (Lipinski definition) is 0. The molecule has 1 aromatic rings. The number of rotatable bonds is 4. The summed E-state index contributed by atoms with van der Waals surface area (Å²) in [6.07, 6.45) is 2.47. The molecule has 0 atom stereocenters. The Labute approximate surface area is 97.6 Å². The minimum Gasteiger partial charge on any atom is -0.192 e. The lowest BCUT2D eigenvalue weighted by Gasteiger charge is -2.01. The summed E-state index contributed by atoms with van der Waals surface area (Å²) in [5.41, 5.74) is 0.699. The Bertz CT molecular complexity index is 344. The van der Waals surface area contributed by atoms with Crippen molar-refractivity contribution in [3.8, 4) is 6.07 Å². The molecular weight excluding hydrogens is 258 g/mol. The average molecular weight is 270 g/mol. The van der Waals surface area contributed by atoms with Crippen LogP contribution in [0.1, 0.15) is 25.3 Å². The van der Waals surface area contributed by atoms with E-state index in [9.17, 15) is 0 Å². The van der Waals surface area contributed by atoms with Crippen molar-refractivity contribution in [2.45, 2.75) is 24.7 Å². The fourth-order valence-electron chi connectivity index (χ4n) is 1.01. The van der Waals surface area contributed by atoms with Crippen LogP contribution in [0.4, 0.5) is 0 Å². The van der Waals surface area contributed by atoms with Crippen LogP contribution < -0.4 is 0 Å². The molecule has 0 radical (unpaired) electrons. The monoisotopic (exact) mass is 269 g/mol. The van der Waals surface area contributed by atoms with Gasteiger partial charge in [-0.3, -0.25) is 0 Å². The highest BCUT2D eigenvalue weighted by molar-refractivity contribution is 9.10. The predicted octanol–water partition coefficient (Wildman–Crippen LogP) is 4.21. The van der Waals surface area contributed by atoms with E-state index in [0.717, 1.165) is 10.2 Å². The summed E-state index contributed by atoms with van der Waals surface area (Å²) < 4.78 is 0.890. The van der Waals surface area contributed by atoms with E-state index >= 15 is 0 Å². The molecule has 0 saturated carbocycles. The van der Waals surface area contributed by atoms with Crippen LogP contribution in [0.2, 0.25) is 0 Å². The second-order valence-corrected chi connectivity index (χ2v) is 4.98. The van der Waals surface area contributed by atoms with Gasteiger partial charge >= 0.3 is 0 Å². The lowest BCUT2D eigenvalue weighted by Crippen LogP contribution is -1.81. The zero-order valence-electron chi connectivity index (χ0n) is 8.09. The van der Waals surface area contributed by atoms with Gasteiger partial charge in [0.15, 0.2) is 0 Å². The molecule has 0 unspecified atom stereocenters. The smallest absolute Gasteiger partial charge is 0.100 e. The first-order chi connectivity index (χ1) is 6.77. The Morgan fingerprint density at radius 1 is 1.50 bits per heavy atom. The molecule has 0 aliphatic heterocycles. The third kappa shape index (κ3) is 3.36. The number of unbranched alkanes of at least 4 members (excludes halogenated alkanes) is 1. The van der Waals surface area contributed by atoms with Crippen LogP contribution in [0.25, 0.3) is 0 Å². The molecule has 1 aromatic carbocycles. The number of thioether (sulfide) groups is 1. The highest BCUT2D eigenvalue weighted by atomic mass is 79.9. The van der Waals surface area contributed by atoms with Crippen LogP contribution in [-0.2, 0) is 0 Å². The number of hydrogen-bond acceptors (Lipinski definition) is 2. The zero-order valence-corrected chi connectivity index (χ0v) is 10.5. The van der Waals surface area contributed by atoms with Gasteiger partial charge < -0.3 is 0 Å². The van der Waals surface area contributed by atoms with Gasteiger partial charge in [-0.1, -0.05) is 13.3 Å². The number of halogens is 1. The molecule has 0 aliphatic carbocycles. The molecule has 3 heteroatoms. The van der Waals surface area contributed by atoms with Gasteiger partial charge in [-0.25, -0.2) is 0 Å². The maximum atomic E-state index is 8.74. The molecular formula is C11H12BrNS. The van der Waals surface area contributed by atoms with Crippen LogP contribution in [0.5, 0.6) is 0 Å². The van der Waals surface area contributed by atoms with Crippen LogP contribution >= 0.6 is 27.7 Å². The minimum absolute atomic E-state index is 0.699. The molecule has 0 fully saturated rings. The lowest BCUT2D eigenvalue weighted by atomic mass is 10.2. The van der Waals surface area contributed by atoms with Gasteiger partial charge in [0.2, 0.25) is 0 Å². The van der Waals surface area contributed by atoms with E-state index in [1.807, 2.05) is 30.0 Å². The van der Waals surface area contributed by atoms with Gasteiger partial charge in [-0.2, -0.15) is 5.26 Å². The van der Waals surface area contributed by atoms with Gasteiger partial charge in [-0.15, -0.1) is 11.8 Å². The van der Waals surface area contributed by atoms with E-state index in [-0.39, 0.29) is 0 Å². The SMILES string of the molecule is CCCCSc1ccc(C#N)c(Br)c1. The van der Waals surface area contributed by atoms with Crippen molar-refractivity contribution in [2.24, 2.45) is 0 Å². The van der Waals surface area contributed by atoms with Crippen molar-refractivity contribution in [2.75, 3.05) is 5.75 Å². The molecule has 14 heavy (non-hydrogen) atoms. The zero-order chi connectivity index (χ0) is 10.4. The molecule has 0 aromatic heterocycles. The number of nitrogens with zero attached hydrogens (tertiary/aromatic N) is 1. The highest BCUT2D eigenvalue weighted by Gasteiger charge is 2.00. The summed E-state index contributed by atoms with van der Waals surface area (Å²) in [6.45, 7) is 2.19. The standard InChI is InChI=1S/C11H12BrNS/c1-2-3-6-14-10-5-4-9(8-13)11(12)7-10/h4-5,7H,2-3,6H2,1H3. The van der Waals surface area contributed by atoms with Crippen molar-refractivity contribution in [1.82, 2.24) is 0 Å². The molecule has 74 valence electrons. The normalized spacial score (nSPS) is 9.79. The molecule has 0 bridgehead atoms. The van der Waals surface area contributed by atoms with Crippen LogP contribution in [0.3, 0.4) is 0 Å². The summed E-state index contributed by atoms with van der Waals surface area (Å²) in [7, 11) is 0. The molecule has 0 aliphatic rings. The Balaban J connectivity index is 2.63. The molecule has 0 amide bonds. The van der Waals surface area contributed by atoms with Crippen LogP contribution in [0.15, 0.2) is 27.6 Å². The van der Waals surface area contributed by atoms with Gasteiger partial charge in [0.05, 0.1) is 5.56 Å². The van der Waals surface area contributed by atoms with Crippen molar-refractivity contribution >= 4 is 27.7 Å². The van der Waals surface area contributed by atoms with Crippen LogP contribution in [-0.4, -0.2) is 5.75 Å². The average Bonchev–Trinajstić information content (AvgIpc) is 2.18. The first kappa shape index (κ1) is 11.6. The van der Waals surface area contributed by atoms with Gasteiger partial charge in [0, 0.05) is 9.37 Å². The number of nitriles is 1. The summed E-state index contributed by atoms with van der Waals surface area (Å²) in [5, 5.41) is 8.74. The Hall–Kier alpha value is -0.460. The van der Waals surface area contributed by atoms with E-state index in [1.165, 1.54) is 17.7 Å². The number of benzene rings is 1. The topological polar surface area (TPSA) is 23.8 Å². The van der Waals surface area contributed by atoms with Crippen molar-refractivity contribution in [3.05, 3.63) is 28.2 Å². The van der Waals surface area contributed by atoms with E-state index in [0.29, 0.717) is 5.56 Å². The van der Waals surface area contributed by atoms with Gasteiger partial charge in [0.25, 0.3) is 0 Å². The molecule has 1 rings (SSSR count). The molecule has 1 nitrogen and oxygen atoms in total. The molecule has 0 saturated heterocycles. The lowest BCUT2D eigenvalue weighted by molar-refractivity contribution is 0.896. The van der Waals surface area contributed by atoms with Gasteiger partial charge in [-0.05, 0) is 46.3 Å². The van der Waals surface area contributed by atoms with Crippen molar-refractivity contribution in [3.63, 3.8) is 0 Å². The Morgan fingerprint density at radius 3 is 2.86 bits per heavy atom. The molecule has 0 N–H and O–H groups in total. The first-order valence-corrected chi connectivity index (χ1v) is 6.38. The van der Waals surface area contributed by atoms with Crippen LogP contribution in [0, 0.1) is 11.3 Å². The highest BCUT2D eigenvalue weighted by Crippen LogP contribution is 2.25. The Morgan fingerprint density at radius 2 is 2.29 bits per heavy atom. The van der Waals surface area contributed by atoms with E-state index < -0.39 is 0 Å². The maximum absolute atomic E-state index is 8.74. The van der Waals surface area contributed by atoms with Crippen molar-refractivity contribution in [1.29, 1.82) is 5.26 Å². The summed E-state index contributed by atoms with van der Waals surface area (Å²) >= 11 is 5.22. The Kier molecular flexibility index (Phi) is 5.06. The van der Waals surface area contributed by atoms with Gasteiger partial charge in [0.1, 0.15) is 6.07 Å². The minimum atomic E-state index is 0.699. The second kappa shape index (κ2) is 6.10.